The van der Waals surface area contributed by atoms with Crippen molar-refractivity contribution in [3.8, 4) is 0 Å². The third-order valence-electron chi connectivity index (χ3n) is 1.45. The quantitative estimate of drug-likeness (QED) is 0.461. The highest BCUT2D eigenvalue weighted by Crippen LogP contribution is 1.95. The Morgan fingerprint density at radius 3 is 2.67 bits per heavy atom. The van der Waals surface area contributed by atoms with Crippen LogP contribution >= 0.6 is 0 Å². The predicted octanol–water partition coefficient (Wildman–Crippen LogP) is -2.23. The third-order valence-corrected chi connectivity index (χ3v) is 2.55. The van der Waals surface area contributed by atoms with Gasteiger partial charge in [-0.1, -0.05) is 0 Å². The SMILES string of the molecule is NCCOS(=O)(=O)NC1CNC1. The maximum atomic E-state index is 11.0. The van der Waals surface area contributed by atoms with Gasteiger partial charge in [0.25, 0.3) is 0 Å². The van der Waals surface area contributed by atoms with Crippen molar-refractivity contribution in [3.05, 3.63) is 0 Å². The molecule has 1 saturated heterocycles. The molecular formula is C5H13N3O3S. The van der Waals surface area contributed by atoms with Gasteiger partial charge in [0, 0.05) is 25.7 Å². The summed E-state index contributed by atoms with van der Waals surface area (Å²) >= 11 is 0. The van der Waals surface area contributed by atoms with E-state index >= 15 is 0 Å². The van der Waals surface area contributed by atoms with E-state index in [1.165, 1.54) is 0 Å². The average molecular weight is 195 g/mol. The number of hydrogen-bond acceptors (Lipinski definition) is 5. The zero-order valence-electron chi connectivity index (χ0n) is 6.62. The fraction of sp³-hybridized carbons (Fsp3) is 1.00. The zero-order chi connectivity index (χ0) is 9.03. The van der Waals surface area contributed by atoms with E-state index in [-0.39, 0.29) is 19.2 Å². The van der Waals surface area contributed by atoms with Crippen LogP contribution in [0.3, 0.4) is 0 Å². The monoisotopic (exact) mass is 195 g/mol. The molecule has 0 aliphatic carbocycles. The van der Waals surface area contributed by atoms with E-state index in [4.69, 9.17) is 5.73 Å². The molecule has 1 aliphatic heterocycles. The molecule has 0 saturated carbocycles. The van der Waals surface area contributed by atoms with Crippen molar-refractivity contribution in [1.29, 1.82) is 0 Å². The lowest BCUT2D eigenvalue weighted by molar-refractivity contribution is 0.304. The van der Waals surface area contributed by atoms with Crippen LogP contribution in [0.15, 0.2) is 0 Å². The molecular weight excluding hydrogens is 182 g/mol. The Balaban J connectivity index is 2.27. The zero-order valence-corrected chi connectivity index (χ0v) is 7.43. The Hall–Kier alpha value is -0.210. The van der Waals surface area contributed by atoms with E-state index in [0.717, 1.165) is 0 Å². The summed E-state index contributed by atoms with van der Waals surface area (Å²) < 4.78 is 28.8. The number of nitrogens with one attached hydrogen (secondary N) is 2. The molecule has 0 spiro atoms. The lowest BCUT2D eigenvalue weighted by Gasteiger charge is -2.27. The molecule has 0 aromatic rings. The minimum atomic E-state index is -3.57. The minimum Gasteiger partial charge on any atom is -0.328 e. The lowest BCUT2D eigenvalue weighted by Crippen LogP contribution is -2.57. The predicted molar refractivity (Wildman–Crippen MR) is 43.7 cm³/mol. The summed E-state index contributed by atoms with van der Waals surface area (Å²) in [5.41, 5.74) is 5.08. The number of hydrogen-bond donors (Lipinski definition) is 3. The van der Waals surface area contributed by atoms with Crippen LogP contribution in [0.5, 0.6) is 0 Å². The summed E-state index contributed by atoms with van der Waals surface area (Å²) in [6, 6.07) is -0.0345. The van der Waals surface area contributed by atoms with Crippen molar-refractivity contribution in [2.45, 2.75) is 6.04 Å². The summed E-state index contributed by atoms with van der Waals surface area (Å²) in [7, 11) is -3.57. The smallest absolute Gasteiger partial charge is 0.328 e. The van der Waals surface area contributed by atoms with Gasteiger partial charge in [0.15, 0.2) is 0 Å². The van der Waals surface area contributed by atoms with E-state index in [1.807, 2.05) is 0 Å². The van der Waals surface area contributed by atoms with Crippen LogP contribution in [0.4, 0.5) is 0 Å². The first-order valence-electron chi connectivity index (χ1n) is 3.71. The van der Waals surface area contributed by atoms with Gasteiger partial charge in [0.1, 0.15) is 0 Å². The Morgan fingerprint density at radius 2 is 2.25 bits per heavy atom. The Kier molecular flexibility index (Phi) is 3.41. The molecule has 72 valence electrons. The van der Waals surface area contributed by atoms with Crippen molar-refractivity contribution in [2.75, 3.05) is 26.2 Å². The maximum Gasteiger partial charge on any atom is 0.336 e. The molecule has 0 amide bonds. The van der Waals surface area contributed by atoms with Gasteiger partial charge >= 0.3 is 10.3 Å². The van der Waals surface area contributed by atoms with Gasteiger partial charge in [-0.15, -0.1) is 0 Å². The molecule has 1 aliphatic rings. The molecule has 1 heterocycles. The van der Waals surface area contributed by atoms with Crippen LogP contribution in [0, 0.1) is 0 Å². The standard InChI is InChI=1S/C5H13N3O3S/c6-1-2-11-12(9,10)8-5-3-7-4-5/h5,7-8H,1-4,6H2. The highest BCUT2D eigenvalue weighted by atomic mass is 32.2. The van der Waals surface area contributed by atoms with E-state index in [2.05, 4.69) is 14.2 Å². The minimum absolute atomic E-state index is 0.0233. The molecule has 6 nitrogen and oxygen atoms in total. The largest absolute Gasteiger partial charge is 0.336 e. The molecule has 1 fully saturated rings. The van der Waals surface area contributed by atoms with Crippen LogP contribution in [0.1, 0.15) is 0 Å². The Morgan fingerprint density at radius 1 is 1.58 bits per heavy atom. The highest BCUT2D eigenvalue weighted by Gasteiger charge is 2.22. The van der Waals surface area contributed by atoms with Gasteiger partial charge in [0.05, 0.1) is 6.61 Å². The molecule has 0 bridgehead atoms. The van der Waals surface area contributed by atoms with Crippen LogP contribution in [-0.2, 0) is 14.5 Å². The van der Waals surface area contributed by atoms with E-state index in [1.54, 1.807) is 0 Å². The van der Waals surface area contributed by atoms with Crippen LogP contribution < -0.4 is 15.8 Å². The normalized spacial score (nSPS) is 19.1. The second kappa shape index (κ2) is 4.15. The summed E-state index contributed by atoms with van der Waals surface area (Å²) in [5, 5.41) is 2.93. The van der Waals surface area contributed by atoms with Gasteiger partial charge < -0.3 is 11.1 Å². The molecule has 1 rings (SSSR count). The first kappa shape index (κ1) is 9.87. The van der Waals surface area contributed by atoms with Gasteiger partial charge in [-0.3, -0.25) is 4.18 Å². The topological polar surface area (TPSA) is 93.5 Å². The molecule has 0 radical (unpaired) electrons. The first-order valence-corrected chi connectivity index (χ1v) is 5.12. The number of nitrogens with two attached hydrogens (primary N) is 1. The summed E-state index contributed by atoms with van der Waals surface area (Å²) in [6.45, 7) is 1.54. The molecule has 12 heavy (non-hydrogen) atoms. The first-order chi connectivity index (χ1) is 5.64. The lowest BCUT2D eigenvalue weighted by atomic mass is 10.2. The van der Waals surface area contributed by atoms with Crippen molar-refractivity contribution >= 4 is 10.3 Å². The van der Waals surface area contributed by atoms with Crippen molar-refractivity contribution in [1.82, 2.24) is 10.0 Å². The Labute approximate surface area is 71.7 Å². The highest BCUT2D eigenvalue weighted by molar-refractivity contribution is 7.84. The molecule has 0 aromatic heterocycles. The molecule has 0 atom stereocenters. The van der Waals surface area contributed by atoms with Crippen molar-refractivity contribution in [3.63, 3.8) is 0 Å². The second-order valence-corrected chi connectivity index (χ2v) is 3.92. The van der Waals surface area contributed by atoms with Crippen LogP contribution in [0.2, 0.25) is 0 Å². The van der Waals surface area contributed by atoms with Crippen LogP contribution in [0.25, 0.3) is 0 Å². The van der Waals surface area contributed by atoms with E-state index in [9.17, 15) is 8.42 Å². The molecule has 7 heteroatoms. The Bertz CT molecular complexity index is 224. The molecule has 0 unspecified atom stereocenters. The fourth-order valence-electron chi connectivity index (χ4n) is 0.768. The fourth-order valence-corrected chi connectivity index (χ4v) is 1.73. The second-order valence-electron chi connectivity index (χ2n) is 2.54. The van der Waals surface area contributed by atoms with Gasteiger partial charge in [-0.05, 0) is 0 Å². The van der Waals surface area contributed by atoms with E-state index in [0.29, 0.717) is 13.1 Å². The summed E-state index contributed by atoms with van der Waals surface area (Å²) in [5.74, 6) is 0. The molecule has 0 aromatic carbocycles. The van der Waals surface area contributed by atoms with Crippen LogP contribution in [-0.4, -0.2) is 40.7 Å². The van der Waals surface area contributed by atoms with Gasteiger partial charge in [-0.2, -0.15) is 13.1 Å². The molecule has 4 N–H and O–H groups in total. The van der Waals surface area contributed by atoms with Crippen molar-refractivity contribution < 1.29 is 12.6 Å². The average Bonchev–Trinajstić information content (AvgIpc) is 1.94. The van der Waals surface area contributed by atoms with Crippen molar-refractivity contribution in [2.24, 2.45) is 5.73 Å². The summed E-state index contributed by atoms with van der Waals surface area (Å²) in [6.07, 6.45) is 0. The summed E-state index contributed by atoms with van der Waals surface area (Å²) in [4.78, 5) is 0. The van der Waals surface area contributed by atoms with Gasteiger partial charge in [0.2, 0.25) is 0 Å². The van der Waals surface area contributed by atoms with E-state index < -0.39 is 10.3 Å². The number of rotatable bonds is 5. The van der Waals surface area contributed by atoms with Gasteiger partial charge in [-0.25, -0.2) is 0 Å². The third kappa shape index (κ3) is 3.03. The maximum absolute atomic E-state index is 11.0.